The van der Waals surface area contributed by atoms with E-state index < -0.39 is 18.4 Å². The fourth-order valence-electron chi connectivity index (χ4n) is 2.99. The molecule has 30 heavy (non-hydrogen) atoms. The number of alkyl halides is 2. The summed E-state index contributed by atoms with van der Waals surface area (Å²) in [6, 6.07) is 12.1. The lowest BCUT2D eigenvalue weighted by Crippen LogP contribution is -2.30. The number of urea groups is 1. The van der Waals surface area contributed by atoms with Crippen molar-refractivity contribution < 1.29 is 28.2 Å². The molecule has 4 rings (SSSR count). The Morgan fingerprint density at radius 2 is 1.97 bits per heavy atom. The molecular formula is C20H17F2N3O4S. The highest BCUT2D eigenvalue weighted by Crippen LogP contribution is 2.41. The van der Waals surface area contributed by atoms with Gasteiger partial charge in [0.15, 0.2) is 16.3 Å². The van der Waals surface area contributed by atoms with Crippen LogP contribution in [0.25, 0.3) is 5.69 Å². The molecular weight excluding hydrogens is 416 g/mol. The Hall–Kier alpha value is -3.24. The Morgan fingerprint density at radius 1 is 1.23 bits per heavy atom. The standard InChI is InChI=1S/C20H17F2N3O4S/c1-12-10-25(14-7-8-16-17(9-14)29-20(21,22)28-16)19(30-12)24-18(27)23-15(11-26)13-5-3-2-4-6-13/h2-10,15,26H,11H2,1H3,(H,23,27)/t15-/m0/s1. The topological polar surface area (TPSA) is 85.1 Å². The zero-order valence-corrected chi connectivity index (χ0v) is 16.5. The Labute approximate surface area is 173 Å². The van der Waals surface area contributed by atoms with Gasteiger partial charge >= 0.3 is 12.3 Å². The Morgan fingerprint density at radius 3 is 2.70 bits per heavy atom. The van der Waals surface area contributed by atoms with Crippen molar-refractivity contribution in [1.29, 1.82) is 0 Å². The molecule has 1 atom stereocenters. The van der Waals surface area contributed by atoms with Crippen molar-refractivity contribution in [3.8, 4) is 17.2 Å². The molecule has 10 heteroatoms. The minimum Gasteiger partial charge on any atom is -0.395 e. The van der Waals surface area contributed by atoms with E-state index in [9.17, 15) is 18.7 Å². The van der Waals surface area contributed by atoms with Gasteiger partial charge in [0.25, 0.3) is 0 Å². The SMILES string of the molecule is Cc1cn(-c2ccc3c(c2)OC(F)(F)O3)c(=NC(=O)N[C@@H](CO)c2ccccc2)s1. The molecule has 0 aliphatic carbocycles. The second kappa shape index (κ2) is 7.88. The van der Waals surface area contributed by atoms with Crippen molar-refractivity contribution in [3.05, 3.63) is 70.0 Å². The summed E-state index contributed by atoms with van der Waals surface area (Å²) in [7, 11) is 0. The summed E-state index contributed by atoms with van der Waals surface area (Å²) in [6.45, 7) is 1.55. The van der Waals surface area contributed by atoms with Crippen LogP contribution in [-0.2, 0) is 0 Å². The third-order valence-corrected chi connectivity index (χ3v) is 5.21. The third-order valence-electron chi connectivity index (χ3n) is 4.31. The largest absolute Gasteiger partial charge is 0.586 e. The quantitative estimate of drug-likeness (QED) is 0.660. The fourth-order valence-corrected chi connectivity index (χ4v) is 3.82. The molecule has 0 unspecified atom stereocenters. The van der Waals surface area contributed by atoms with Crippen LogP contribution in [0.3, 0.4) is 0 Å². The van der Waals surface area contributed by atoms with Gasteiger partial charge in [0.1, 0.15) is 0 Å². The number of aliphatic hydroxyl groups excluding tert-OH is 1. The van der Waals surface area contributed by atoms with E-state index in [-0.39, 0.29) is 18.1 Å². The minimum absolute atomic E-state index is 0.0683. The van der Waals surface area contributed by atoms with E-state index >= 15 is 0 Å². The summed E-state index contributed by atoms with van der Waals surface area (Å²) in [5.74, 6) is -0.171. The smallest absolute Gasteiger partial charge is 0.395 e. The van der Waals surface area contributed by atoms with Crippen molar-refractivity contribution in [2.45, 2.75) is 19.3 Å². The van der Waals surface area contributed by atoms with Crippen LogP contribution in [-0.4, -0.2) is 28.6 Å². The van der Waals surface area contributed by atoms with Crippen LogP contribution in [0.15, 0.2) is 59.7 Å². The second-order valence-electron chi connectivity index (χ2n) is 6.50. The zero-order chi connectivity index (χ0) is 21.3. The maximum atomic E-state index is 13.3. The summed E-state index contributed by atoms with van der Waals surface area (Å²) in [6.07, 6.45) is -1.98. The molecule has 0 saturated heterocycles. The number of thiazole rings is 1. The molecule has 1 aliphatic heterocycles. The predicted molar refractivity (Wildman–Crippen MR) is 105 cm³/mol. The van der Waals surface area contributed by atoms with E-state index in [1.54, 1.807) is 41.1 Å². The number of aryl methyl sites for hydroxylation is 1. The molecule has 1 aliphatic rings. The number of aromatic nitrogens is 1. The first-order valence-corrected chi connectivity index (χ1v) is 9.77. The molecule has 3 aromatic rings. The lowest BCUT2D eigenvalue weighted by atomic mass is 10.1. The normalized spacial score (nSPS) is 15.8. The maximum Gasteiger partial charge on any atom is 0.586 e. The highest BCUT2D eigenvalue weighted by atomic mass is 32.1. The molecule has 0 spiro atoms. The van der Waals surface area contributed by atoms with Crippen LogP contribution in [0.2, 0.25) is 0 Å². The van der Waals surface area contributed by atoms with Crippen LogP contribution in [0.5, 0.6) is 11.5 Å². The molecule has 0 saturated carbocycles. The fraction of sp³-hybridized carbons (Fsp3) is 0.200. The van der Waals surface area contributed by atoms with Crippen LogP contribution in [0.4, 0.5) is 13.6 Å². The first-order valence-electron chi connectivity index (χ1n) is 8.95. The van der Waals surface area contributed by atoms with E-state index in [0.717, 1.165) is 10.4 Å². The number of amides is 2. The van der Waals surface area contributed by atoms with Gasteiger partial charge in [0.05, 0.1) is 18.3 Å². The summed E-state index contributed by atoms with van der Waals surface area (Å²) < 4.78 is 37.1. The maximum absolute atomic E-state index is 13.3. The number of nitrogens with zero attached hydrogens (tertiary/aromatic N) is 2. The second-order valence-corrected chi connectivity index (χ2v) is 7.71. The highest BCUT2D eigenvalue weighted by molar-refractivity contribution is 7.09. The van der Waals surface area contributed by atoms with Gasteiger partial charge in [0.2, 0.25) is 0 Å². The number of fused-ring (bicyclic) bond motifs is 1. The van der Waals surface area contributed by atoms with Crippen LogP contribution in [0.1, 0.15) is 16.5 Å². The average molecular weight is 433 g/mol. The number of nitrogens with one attached hydrogen (secondary N) is 1. The molecule has 2 heterocycles. The summed E-state index contributed by atoms with van der Waals surface area (Å²) in [5, 5.41) is 12.3. The van der Waals surface area contributed by atoms with Gasteiger partial charge in [-0.25, -0.2) is 4.79 Å². The molecule has 1 aromatic heterocycles. The zero-order valence-electron chi connectivity index (χ0n) is 15.7. The number of carbonyl (C=O) groups is 1. The Balaban J connectivity index is 1.62. The van der Waals surface area contributed by atoms with Crippen molar-refractivity contribution in [2.24, 2.45) is 4.99 Å². The van der Waals surface area contributed by atoms with Gasteiger partial charge in [-0.1, -0.05) is 30.3 Å². The van der Waals surface area contributed by atoms with Crippen molar-refractivity contribution in [2.75, 3.05) is 6.61 Å². The predicted octanol–water partition coefficient (Wildman–Crippen LogP) is 3.51. The minimum atomic E-state index is -3.71. The van der Waals surface area contributed by atoms with Gasteiger partial charge in [-0.2, -0.15) is 4.99 Å². The molecule has 7 nitrogen and oxygen atoms in total. The number of carbonyl (C=O) groups excluding carboxylic acids is 1. The van der Waals surface area contributed by atoms with E-state index in [1.807, 2.05) is 13.0 Å². The molecule has 156 valence electrons. The number of hydrogen-bond donors (Lipinski definition) is 2. The lowest BCUT2D eigenvalue weighted by Gasteiger charge is -2.14. The van der Waals surface area contributed by atoms with Gasteiger partial charge in [-0.15, -0.1) is 20.1 Å². The summed E-state index contributed by atoms with van der Waals surface area (Å²) in [5.41, 5.74) is 1.23. The molecule has 2 amide bonds. The van der Waals surface area contributed by atoms with Gasteiger partial charge in [-0.3, -0.25) is 4.57 Å². The number of benzene rings is 2. The molecule has 0 bridgehead atoms. The number of rotatable bonds is 4. The molecule has 2 N–H and O–H groups in total. The summed E-state index contributed by atoms with van der Waals surface area (Å²) >= 11 is 1.25. The van der Waals surface area contributed by atoms with E-state index in [2.05, 4.69) is 19.8 Å². The van der Waals surface area contributed by atoms with Crippen LogP contribution >= 0.6 is 11.3 Å². The van der Waals surface area contributed by atoms with E-state index in [0.29, 0.717) is 10.5 Å². The number of ether oxygens (including phenoxy) is 2. The number of hydrogen-bond acceptors (Lipinski definition) is 5. The monoisotopic (exact) mass is 433 g/mol. The van der Waals surface area contributed by atoms with Gasteiger partial charge in [-0.05, 0) is 24.6 Å². The van der Waals surface area contributed by atoms with Crippen molar-refractivity contribution in [1.82, 2.24) is 9.88 Å². The molecule has 2 aromatic carbocycles. The number of aliphatic hydroxyl groups is 1. The number of halogens is 2. The first kappa shape index (κ1) is 20.0. The average Bonchev–Trinajstić information content (AvgIpc) is 3.23. The van der Waals surface area contributed by atoms with Gasteiger partial charge in [0, 0.05) is 17.1 Å². The Bertz CT molecular complexity index is 1140. The van der Waals surface area contributed by atoms with E-state index in [4.69, 9.17) is 0 Å². The van der Waals surface area contributed by atoms with E-state index in [1.165, 1.54) is 23.5 Å². The van der Waals surface area contributed by atoms with Crippen LogP contribution in [0, 0.1) is 6.92 Å². The van der Waals surface area contributed by atoms with Crippen LogP contribution < -0.4 is 19.6 Å². The van der Waals surface area contributed by atoms with Crippen molar-refractivity contribution >= 4 is 17.4 Å². The Kier molecular flexibility index (Phi) is 5.27. The first-order chi connectivity index (χ1) is 14.3. The third kappa shape index (κ3) is 4.19. The summed E-state index contributed by atoms with van der Waals surface area (Å²) in [4.78, 5) is 17.8. The lowest BCUT2D eigenvalue weighted by molar-refractivity contribution is -0.286. The van der Waals surface area contributed by atoms with Crippen molar-refractivity contribution in [3.63, 3.8) is 0 Å². The molecule has 0 radical (unpaired) electrons. The highest BCUT2D eigenvalue weighted by Gasteiger charge is 2.43. The van der Waals surface area contributed by atoms with Gasteiger partial charge < -0.3 is 19.9 Å². The molecule has 0 fully saturated rings.